The zero-order valence-corrected chi connectivity index (χ0v) is 12.9. The SMILES string of the molecule is CCc1cc(NC(=O)Oc2ccccc2)nn1C(C)(C)C. The molecule has 0 unspecified atom stereocenters. The second-order valence-electron chi connectivity index (χ2n) is 5.78. The third-order valence-corrected chi connectivity index (χ3v) is 2.96. The first-order valence-electron chi connectivity index (χ1n) is 7.03. The third-order valence-electron chi connectivity index (χ3n) is 2.96. The van der Waals surface area contributed by atoms with Crippen molar-refractivity contribution in [1.29, 1.82) is 0 Å². The highest BCUT2D eigenvalue weighted by atomic mass is 16.6. The van der Waals surface area contributed by atoms with Crippen molar-refractivity contribution < 1.29 is 9.53 Å². The molecule has 1 amide bonds. The molecule has 2 rings (SSSR count). The molecule has 0 fully saturated rings. The molecule has 0 saturated carbocycles. The van der Waals surface area contributed by atoms with Crippen molar-refractivity contribution in [3.05, 3.63) is 42.1 Å². The molecule has 0 spiro atoms. The molecule has 0 radical (unpaired) electrons. The largest absolute Gasteiger partial charge is 0.418 e. The zero-order chi connectivity index (χ0) is 15.5. The van der Waals surface area contributed by atoms with Crippen LogP contribution in [0.3, 0.4) is 0 Å². The minimum absolute atomic E-state index is 0.130. The lowest BCUT2D eigenvalue weighted by atomic mass is 10.1. The quantitative estimate of drug-likeness (QED) is 0.933. The summed E-state index contributed by atoms with van der Waals surface area (Å²) in [4.78, 5) is 11.9. The molecule has 0 aliphatic heterocycles. The number of hydrogen-bond donors (Lipinski definition) is 1. The van der Waals surface area contributed by atoms with Crippen LogP contribution in [-0.4, -0.2) is 15.9 Å². The second-order valence-corrected chi connectivity index (χ2v) is 5.78. The Morgan fingerprint density at radius 2 is 1.95 bits per heavy atom. The lowest BCUT2D eigenvalue weighted by Crippen LogP contribution is -2.25. The number of benzene rings is 1. The van der Waals surface area contributed by atoms with Gasteiger partial charge in [0.1, 0.15) is 5.75 Å². The molecule has 0 bridgehead atoms. The Hall–Kier alpha value is -2.30. The molecule has 1 heterocycles. The van der Waals surface area contributed by atoms with E-state index in [2.05, 4.69) is 38.1 Å². The van der Waals surface area contributed by atoms with Gasteiger partial charge in [0.25, 0.3) is 0 Å². The molecule has 21 heavy (non-hydrogen) atoms. The lowest BCUT2D eigenvalue weighted by molar-refractivity contribution is 0.215. The fourth-order valence-electron chi connectivity index (χ4n) is 2.04. The van der Waals surface area contributed by atoms with E-state index < -0.39 is 6.09 Å². The summed E-state index contributed by atoms with van der Waals surface area (Å²) in [5.74, 6) is 1.00. The van der Waals surface area contributed by atoms with E-state index in [-0.39, 0.29) is 5.54 Å². The highest BCUT2D eigenvalue weighted by Gasteiger charge is 2.19. The molecule has 1 aromatic heterocycles. The highest BCUT2D eigenvalue weighted by molar-refractivity contribution is 5.85. The minimum atomic E-state index is -0.539. The molecule has 0 aliphatic carbocycles. The summed E-state index contributed by atoms with van der Waals surface area (Å²) >= 11 is 0. The van der Waals surface area contributed by atoms with Gasteiger partial charge >= 0.3 is 6.09 Å². The van der Waals surface area contributed by atoms with Gasteiger partial charge in [0, 0.05) is 11.8 Å². The number of nitrogens with one attached hydrogen (secondary N) is 1. The topological polar surface area (TPSA) is 56.1 Å². The molecule has 0 atom stereocenters. The molecule has 1 N–H and O–H groups in total. The molecular weight excluding hydrogens is 266 g/mol. The first-order chi connectivity index (χ1) is 9.90. The Morgan fingerprint density at radius 3 is 2.48 bits per heavy atom. The normalized spacial score (nSPS) is 11.2. The number of nitrogens with zero attached hydrogens (tertiary/aromatic N) is 2. The summed E-state index contributed by atoms with van der Waals surface area (Å²) in [7, 11) is 0. The standard InChI is InChI=1S/C16H21N3O2/c1-5-12-11-14(18-19(12)16(2,3)4)17-15(20)21-13-9-7-6-8-10-13/h6-11H,5H2,1-4H3,(H,17,18,20). The number of carbonyl (C=O) groups excluding carboxylic acids is 1. The van der Waals surface area contributed by atoms with Gasteiger partial charge in [0.2, 0.25) is 0 Å². The monoisotopic (exact) mass is 287 g/mol. The smallest absolute Gasteiger partial charge is 0.410 e. The third kappa shape index (κ3) is 3.84. The van der Waals surface area contributed by atoms with E-state index >= 15 is 0 Å². The van der Waals surface area contributed by atoms with E-state index in [1.165, 1.54) is 0 Å². The van der Waals surface area contributed by atoms with Crippen LogP contribution >= 0.6 is 0 Å². The number of ether oxygens (including phenoxy) is 1. The van der Waals surface area contributed by atoms with E-state index in [1.807, 2.05) is 28.9 Å². The van der Waals surface area contributed by atoms with Crippen molar-refractivity contribution in [2.24, 2.45) is 0 Å². The zero-order valence-electron chi connectivity index (χ0n) is 12.9. The van der Waals surface area contributed by atoms with Gasteiger partial charge in [-0.25, -0.2) is 4.79 Å². The average Bonchev–Trinajstić information content (AvgIpc) is 2.82. The predicted octanol–water partition coefficient (Wildman–Crippen LogP) is 3.81. The molecule has 0 saturated heterocycles. The van der Waals surface area contributed by atoms with Crippen molar-refractivity contribution >= 4 is 11.9 Å². The summed E-state index contributed by atoms with van der Waals surface area (Å²) in [6.07, 6.45) is 0.307. The van der Waals surface area contributed by atoms with Crippen LogP contribution in [0.1, 0.15) is 33.4 Å². The minimum Gasteiger partial charge on any atom is -0.410 e. The Morgan fingerprint density at radius 1 is 1.29 bits per heavy atom. The van der Waals surface area contributed by atoms with Crippen molar-refractivity contribution in [3.8, 4) is 5.75 Å². The van der Waals surface area contributed by atoms with E-state index in [9.17, 15) is 4.79 Å². The van der Waals surface area contributed by atoms with Crippen molar-refractivity contribution in [3.63, 3.8) is 0 Å². The predicted molar refractivity (Wildman–Crippen MR) is 82.7 cm³/mol. The number of aromatic nitrogens is 2. The summed E-state index contributed by atoms with van der Waals surface area (Å²) in [5, 5.41) is 7.10. The van der Waals surface area contributed by atoms with E-state index in [0.29, 0.717) is 11.6 Å². The van der Waals surface area contributed by atoms with Gasteiger partial charge in [0.05, 0.1) is 5.54 Å². The Labute approximate surface area is 124 Å². The number of para-hydroxylation sites is 1. The summed E-state index contributed by atoms with van der Waals surface area (Å²) in [6.45, 7) is 8.28. The van der Waals surface area contributed by atoms with Crippen molar-refractivity contribution in [1.82, 2.24) is 9.78 Å². The number of carbonyl (C=O) groups is 1. The van der Waals surface area contributed by atoms with E-state index in [0.717, 1.165) is 12.1 Å². The van der Waals surface area contributed by atoms with Gasteiger partial charge in [-0.1, -0.05) is 25.1 Å². The Balaban J connectivity index is 2.09. The van der Waals surface area contributed by atoms with Crippen LogP contribution in [0.5, 0.6) is 5.75 Å². The van der Waals surface area contributed by atoms with Gasteiger partial charge in [-0.3, -0.25) is 10.00 Å². The summed E-state index contributed by atoms with van der Waals surface area (Å²) < 4.78 is 7.11. The van der Waals surface area contributed by atoms with Gasteiger partial charge in [-0.2, -0.15) is 5.10 Å². The van der Waals surface area contributed by atoms with E-state index in [4.69, 9.17) is 4.74 Å². The fourth-order valence-corrected chi connectivity index (χ4v) is 2.04. The van der Waals surface area contributed by atoms with E-state index in [1.54, 1.807) is 12.1 Å². The molecule has 112 valence electrons. The van der Waals surface area contributed by atoms with Gasteiger partial charge in [0.15, 0.2) is 5.82 Å². The van der Waals surface area contributed by atoms with Gasteiger partial charge in [-0.15, -0.1) is 0 Å². The maximum absolute atomic E-state index is 11.9. The summed E-state index contributed by atoms with van der Waals surface area (Å²) in [6, 6.07) is 10.8. The molecule has 5 heteroatoms. The lowest BCUT2D eigenvalue weighted by Gasteiger charge is -2.21. The molecule has 1 aromatic carbocycles. The maximum Gasteiger partial charge on any atom is 0.418 e. The average molecular weight is 287 g/mol. The maximum atomic E-state index is 11.9. The number of rotatable bonds is 3. The first-order valence-corrected chi connectivity index (χ1v) is 7.03. The second kappa shape index (κ2) is 5.99. The first kappa shape index (κ1) is 15.1. The van der Waals surface area contributed by atoms with Crippen LogP contribution in [0.25, 0.3) is 0 Å². The number of amides is 1. The fraction of sp³-hybridized carbons (Fsp3) is 0.375. The van der Waals surface area contributed by atoms with Crippen molar-refractivity contribution in [2.75, 3.05) is 5.32 Å². The van der Waals surface area contributed by atoms with Crippen molar-refractivity contribution in [2.45, 2.75) is 39.7 Å². The highest BCUT2D eigenvalue weighted by Crippen LogP contribution is 2.20. The van der Waals surface area contributed by atoms with Crippen LogP contribution in [0.4, 0.5) is 10.6 Å². The van der Waals surface area contributed by atoms with Crippen LogP contribution in [0.2, 0.25) is 0 Å². The molecule has 2 aromatic rings. The van der Waals surface area contributed by atoms with Crippen LogP contribution in [-0.2, 0) is 12.0 Å². The van der Waals surface area contributed by atoms with Gasteiger partial charge < -0.3 is 4.74 Å². The van der Waals surface area contributed by atoms with Crippen LogP contribution in [0, 0.1) is 0 Å². The number of hydrogen-bond acceptors (Lipinski definition) is 3. The Kier molecular flexibility index (Phi) is 4.31. The Bertz CT molecular complexity index is 612. The summed E-state index contributed by atoms with van der Waals surface area (Å²) in [5.41, 5.74) is 0.937. The van der Waals surface area contributed by atoms with Crippen LogP contribution < -0.4 is 10.1 Å². The number of aryl methyl sites for hydroxylation is 1. The molecule has 0 aliphatic rings. The molecular formula is C16H21N3O2. The molecule has 5 nitrogen and oxygen atoms in total. The number of anilines is 1. The van der Waals surface area contributed by atoms with Crippen LogP contribution in [0.15, 0.2) is 36.4 Å². The van der Waals surface area contributed by atoms with Gasteiger partial charge in [-0.05, 0) is 39.3 Å².